The smallest absolute Gasteiger partial charge is 0.121 e. The van der Waals surface area contributed by atoms with E-state index in [0.29, 0.717) is 5.82 Å². The van der Waals surface area contributed by atoms with Crippen LogP contribution >= 0.6 is 0 Å². The molecule has 90 valence electrons. The Labute approximate surface area is 102 Å². The number of anilines is 1. The summed E-state index contributed by atoms with van der Waals surface area (Å²) in [5, 5.41) is 4.45. The van der Waals surface area contributed by atoms with Crippen molar-refractivity contribution in [3.63, 3.8) is 0 Å². The van der Waals surface area contributed by atoms with Crippen LogP contribution in [-0.2, 0) is 13.5 Å². The molecule has 1 aromatic heterocycles. The van der Waals surface area contributed by atoms with Gasteiger partial charge in [-0.3, -0.25) is 4.68 Å². The van der Waals surface area contributed by atoms with E-state index in [2.05, 4.69) is 38.0 Å². The van der Waals surface area contributed by atoms with Crippen molar-refractivity contribution in [2.24, 2.45) is 7.05 Å². The van der Waals surface area contributed by atoms with Crippen molar-refractivity contribution in [2.75, 3.05) is 5.73 Å². The SMILES string of the molecule is CCc1cc(C)c(C)c(-c2cc(N)n(C)n2)c1. The molecular weight excluding hydrogens is 210 g/mol. The van der Waals surface area contributed by atoms with E-state index in [0.717, 1.165) is 12.1 Å². The molecule has 0 bridgehead atoms. The molecule has 0 atom stereocenters. The van der Waals surface area contributed by atoms with Crippen LogP contribution in [0.2, 0.25) is 0 Å². The van der Waals surface area contributed by atoms with E-state index in [-0.39, 0.29) is 0 Å². The van der Waals surface area contributed by atoms with Gasteiger partial charge in [-0.05, 0) is 43.0 Å². The molecule has 0 spiro atoms. The van der Waals surface area contributed by atoms with Gasteiger partial charge in [-0.1, -0.05) is 13.0 Å². The third kappa shape index (κ3) is 2.05. The summed E-state index contributed by atoms with van der Waals surface area (Å²) in [7, 11) is 1.87. The van der Waals surface area contributed by atoms with Gasteiger partial charge in [0.25, 0.3) is 0 Å². The Kier molecular flexibility index (Phi) is 2.92. The van der Waals surface area contributed by atoms with Crippen LogP contribution in [0.15, 0.2) is 18.2 Å². The fourth-order valence-electron chi connectivity index (χ4n) is 2.02. The van der Waals surface area contributed by atoms with Crippen molar-refractivity contribution in [1.82, 2.24) is 9.78 Å². The molecule has 0 saturated heterocycles. The fraction of sp³-hybridized carbons (Fsp3) is 0.357. The minimum absolute atomic E-state index is 0.693. The van der Waals surface area contributed by atoms with Crippen LogP contribution in [-0.4, -0.2) is 9.78 Å². The topological polar surface area (TPSA) is 43.8 Å². The normalized spacial score (nSPS) is 10.8. The first-order valence-corrected chi connectivity index (χ1v) is 5.93. The molecule has 0 saturated carbocycles. The van der Waals surface area contributed by atoms with E-state index < -0.39 is 0 Å². The van der Waals surface area contributed by atoms with Crippen LogP contribution in [0.4, 0.5) is 5.82 Å². The maximum absolute atomic E-state index is 5.84. The van der Waals surface area contributed by atoms with Crippen molar-refractivity contribution in [3.8, 4) is 11.3 Å². The lowest BCUT2D eigenvalue weighted by Gasteiger charge is -2.09. The van der Waals surface area contributed by atoms with Crippen molar-refractivity contribution >= 4 is 5.82 Å². The second-order valence-electron chi connectivity index (χ2n) is 4.52. The Morgan fingerprint density at radius 2 is 1.94 bits per heavy atom. The molecule has 0 aliphatic rings. The van der Waals surface area contributed by atoms with Crippen LogP contribution < -0.4 is 5.73 Å². The maximum Gasteiger partial charge on any atom is 0.121 e. The number of nitrogens with two attached hydrogens (primary N) is 1. The number of nitrogen functional groups attached to an aromatic ring is 1. The first-order chi connectivity index (χ1) is 8.02. The molecule has 0 unspecified atom stereocenters. The first kappa shape index (κ1) is 11.7. The van der Waals surface area contributed by atoms with E-state index in [1.54, 1.807) is 4.68 Å². The van der Waals surface area contributed by atoms with Crippen molar-refractivity contribution in [2.45, 2.75) is 27.2 Å². The van der Waals surface area contributed by atoms with Gasteiger partial charge >= 0.3 is 0 Å². The summed E-state index contributed by atoms with van der Waals surface area (Å²) < 4.78 is 1.71. The van der Waals surface area contributed by atoms with Crippen LogP contribution in [0, 0.1) is 13.8 Å². The van der Waals surface area contributed by atoms with Gasteiger partial charge in [0.15, 0.2) is 0 Å². The lowest BCUT2D eigenvalue weighted by atomic mass is 9.96. The highest BCUT2D eigenvalue weighted by Crippen LogP contribution is 2.27. The largest absolute Gasteiger partial charge is 0.384 e. The predicted octanol–water partition coefficient (Wildman–Crippen LogP) is 2.85. The van der Waals surface area contributed by atoms with E-state index >= 15 is 0 Å². The molecule has 0 amide bonds. The molecule has 2 N–H and O–H groups in total. The molecule has 0 aliphatic heterocycles. The quantitative estimate of drug-likeness (QED) is 0.860. The van der Waals surface area contributed by atoms with Gasteiger partial charge in [-0.15, -0.1) is 0 Å². The monoisotopic (exact) mass is 229 g/mol. The van der Waals surface area contributed by atoms with Gasteiger partial charge in [0, 0.05) is 18.7 Å². The summed E-state index contributed by atoms with van der Waals surface area (Å²) in [6.45, 7) is 6.44. The summed E-state index contributed by atoms with van der Waals surface area (Å²) in [5.74, 6) is 0.693. The number of hydrogen-bond acceptors (Lipinski definition) is 2. The molecule has 0 fully saturated rings. The average Bonchev–Trinajstić information content (AvgIpc) is 2.62. The van der Waals surface area contributed by atoms with Crippen LogP contribution in [0.25, 0.3) is 11.3 Å². The second kappa shape index (κ2) is 4.24. The summed E-state index contributed by atoms with van der Waals surface area (Å²) in [5.41, 5.74) is 11.9. The van der Waals surface area contributed by atoms with E-state index in [1.165, 1.54) is 22.3 Å². The molecule has 17 heavy (non-hydrogen) atoms. The summed E-state index contributed by atoms with van der Waals surface area (Å²) in [4.78, 5) is 0. The summed E-state index contributed by atoms with van der Waals surface area (Å²) in [6, 6.07) is 6.39. The summed E-state index contributed by atoms with van der Waals surface area (Å²) in [6.07, 6.45) is 1.04. The minimum atomic E-state index is 0.693. The number of hydrogen-bond donors (Lipinski definition) is 1. The first-order valence-electron chi connectivity index (χ1n) is 5.93. The van der Waals surface area contributed by atoms with E-state index in [4.69, 9.17) is 5.73 Å². The lowest BCUT2D eigenvalue weighted by Crippen LogP contribution is -1.97. The highest BCUT2D eigenvalue weighted by atomic mass is 15.3. The molecular formula is C14H19N3. The van der Waals surface area contributed by atoms with Crippen molar-refractivity contribution in [1.29, 1.82) is 0 Å². The van der Waals surface area contributed by atoms with Crippen molar-refractivity contribution in [3.05, 3.63) is 34.9 Å². The molecule has 1 heterocycles. The molecule has 0 aliphatic carbocycles. The highest BCUT2D eigenvalue weighted by Gasteiger charge is 2.10. The van der Waals surface area contributed by atoms with Gasteiger partial charge in [0.2, 0.25) is 0 Å². The van der Waals surface area contributed by atoms with Gasteiger partial charge in [-0.2, -0.15) is 5.10 Å². The Morgan fingerprint density at radius 1 is 1.24 bits per heavy atom. The zero-order valence-corrected chi connectivity index (χ0v) is 10.9. The van der Waals surface area contributed by atoms with Gasteiger partial charge in [0.05, 0.1) is 5.69 Å². The maximum atomic E-state index is 5.84. The van der Waals surface area contributed by atoms with E-state index in [9.17, 15) is 0 Å². The fourth-order valence-corrected chi connectivity index (χ4v) is 2.02. The van der Waals surface area contributed by atoms with Crippen LogP contribution in [0.5, 0.6) is 0 Å². The van der Waals surface area contributed by atoms with Crippen LogP contribution in [0.3, 0.4) is 0 Å². The standard InChI is InChI=1S/C14H19N3/c1-5-11-6-9(2)10(3)12(7-11)13-8-14(15)17(4)16-13/h6-8H,5,15H2,1-4H3. The van der Waals surface area contributed by atoms with Gasteiger partial charge in [0.1, 0.15) is 5.82 Å². The third-order valence-electron chi connectivity index (χ3n) is 3.33. The second-order valence-corrected chi connectivity index (χ2v) is 4.52. The number of aryl methyl sites for hydroxylation is 3. The zero-order chi connectivity index (χ0) is 12.6. The lowest BCUT2D eigenvalue weighted by molar-refractivity contribution is 0.782. The van der Waals surface area contributed by atoms with Crippen molar-refractivity contribution < 1.29 is 0 Å². The molecule has 2 rings (SSSR count). The number of aromatic nitrogens is 2. The molecule has 2 aromatic rings. The molecule has 1 aromatic carbocycles. The third-order valence-corrected chi connectivity index (χ3v) is 3.33. The Balaban J connectivity index is 2.61. The highest BCUT2D eigenvalue weighted by molar-refractivity contribution is 5.68. The Bertz CT molecular complexity index is 533. The van der Waals surface area contributed by atoms with Gasteiger partial charge < -0.3 is 5.73 Å². The minimum Gasteiger partial charge on any atom is -0.384 e. The average molecular weight is 229 g/mol. The zero-order valence-electron chi connectivity index (χ0n) is 10.9. The number of rotatable bonds is 2. The molecule has 0 radical (unpaired) electrons. The predicted molar refractivity (Wildman–Crippen MR) is 71.9 cm³/mol. The Hall–Kier alpha value is -1.77. The summed E-state index contributed by atoms with van der Waals surface area (Å²) >= 11 is 0. The van der Waals surface area contributed by atoms with E-state index in [1.807, 2.05) is 13.1 Å². The number of nitrogens with zero attached hydrogens (tertiary/aromatic N) is 2. The van der Waals surface area contributed by atoms with Gasteiger partial charge in [-0.25, -0.2) is 0 Å². The molecule has 3 heteroatoms. The Morgan fingerprint density at radius 3 is 2.47 bits per heavy atom. The van der Waals surface area contributed by atoms with Crippen LogP contribution in [0.1, 0.15) is 23.6 Å². The molecule has 3 nitrogen and oxygen atoms in total. The number of benzene rings is 1.